The SMILES string of the molecule is CCCCN(CCCC)c1ncc(CN)cc1C. The van der Waals surface area contributed by atoms with Gasteiger partial charge in [0.15, 0.2) is 0 Å². The predicted octanol–water partition coefficient (Wildman–Crippen LogP) is 3.26. The van der Waals surface area contributed by atoms with Crippen LogP contribution in [0, 0.1) is 6.92 Å². The van der Waals surface area contributed by atoms with E-state index in [0.717, 1.165) is 24.5 Å². The molecule has 0 spiro atoms. The maximum atomic E-state index is 5.65. The highest BCUT2D eigenvalue weighted by Gasteiger charge is 2.10. The minimum Gasteiger partial charge on any atom is -0.356 e. The van der Waals surface area contributed by atoms with Crippen LogP contribution in [0.1, 0.15) is 50.7 Å². The number of anilines is 1. The second-order valence-corrected chi connectivity index (χ2v) is 4.88. The summed E-state index contributed by atoms with van der Waals surface area (Å²) in [4.78, 5) is 7.02. The van der Waals surface area contributed by atoms with Crippen molar-refractivity contribution in [2.45, 2.75) is 53.0 Å². The zero-order chi connectivity index (χ0) is 13.4. The van der Waals surface area contributed by atoms with Gasteiger partial charge in [-0.3, -0.25) is 0 Å². The van der Waals surface area contributed by atoms with E-state index in [-0.39, 0.29) is 0 Å². The third kappa shape index (κ3) is 4.30. The molecular weight excluding hydrogens is 222 g/mol. The number of rotatable bonds is 8. The Bertz CT molecular complexity index is 342. The van der Waals surface area contributed by atoms with E-state index in [0.29, 0.717) is 6.54 Å². The first-order valence-corrected chi connectivity index (χ1v) is 7.13. The first-order chi connectivity index (χ1) is 8.72. The molecule has 0 aromatic carbocycles. The van der Waals surface area contributed by atoms with Crippen LogP contribution in [0.4, 0.5) is 5.82 Å². The van der Waals surface area contributed by atoms with Gasteiger partial charge in [-0.25, -0.2) is 4.98 Å². The van der Waals surface area contributed by atoms with Crippen LogP contribution in [0.5, 0.6) is 0 Å². The maximum absolute atomic E-state index is 5.65. The highest BCUT2D eigenvalue weighted by molar-refractivity contribution is 5.47. The molecule has 0 aliphatic heterocycles. The molecular formula is C15H27N3. The molecule has 1 aromatic rings. The van der Waals surface area contributed by atoms with Crippen LogP contribution in [-0.2, 0) is 6.54 Å². The summed E-state index contributed by atoms with van der Waals surface area (Å²) in [5.74, 6) is 1.13. The Morgan fingerprint density at radius 2 is 1.78 bits per heavy atom. The van der Waals surface area contributed by atoms with Crippen molar-refractivity contribution in [3.8, 4) is 0 Å². The van der Waals surface area contributed by atoms with Gasteiger partial charge in [-0.15, -0.1) is 0 Å². The van der Waals surface area contributed by atoms with Crippen molar-refractivity contribution in [2.75, 3.05) is 18.0 Å². The average molecular weight is 249 g/mol. The van der Waals surface area contributed by atoms with Crippen LogP contribution < -0.4 is 10.6 Å². The predicted molar refractivity (Wildman–Crippen MR) is 78.9 cm³/mol. The molecule has 102 valence electrons. The fraction of sp³-hybridized carbons (Fsp3) is 0.667. The Kier molecular flexibility index (Phi) is 6.73. The molecule has 0 saturated heterocycles. The fourth-order valence-electron chi connectivity index (χ4n) is 2.09. The molecule has 0 unspecified atom stereocenters. The van der Waals surface area contributed by atoms with Crippen LogP contribution in [0.2, 0.25) is 0 Å². The van der Waals surface area contributed by atoms with Crippen LogP contribution in [0.3, 0.4) is 0 Å². The highest BCUT2D eigenvalue weighted by atomic mass is 15.2. The lowest BCUT2D eigenvalue weighted by Crippen LogP contribution is -2.27. The number of unbranched alkanes of at least 4 members (excludes halogenated alkanes) is 2. The Morgan fingerprint density at radius 3 is 2.22 bits per heavy atom. The summed E-state index contributed by atoms with van der Waals surface area (Å²) >= 11 is 0. The normalized spacial score (nSPS) is 10.7. The van der Waals surface area contributed by atoms with Gasteiger partial charge in [0.1, 0.15) is 5.82 Å². The lowest BCUT2D eigenvalue weighted by molar-refractivity contribution is 0.669. The number of aryl methyl sites for hydroxylation is 1. The summed E-state index contributed by atoms with van der Waals surface area (Å²) in [6, 6.07) is 2.16. The van der Waals surface area contributed by atoms with E-state index in [9.17, 15) is 0 Å². The first-order valence-electron chi connectivity index (χ1n) is 7.13. The molecule has 1 heterocycles. The van der Waals surface area contributed by atoms with E-state index in [1.165, 1.54) is 31.2 Å². The molecule has 1 aromatic heterocycles. The molecule has 3 heteroatoms. The summed E-state index contributed by atoms with van der Waals surface area (Å²) in [7, 11) is 0. The van der Waals surface area contributed by atoms with E-state index < -0.39 is 0 Å². The topological polar surface area (TPSA) is 42.2 Å². The summed E-state index contributed by atoms with van der Waals surface area (Å²) in [5.41, 5.74) is 8.01. The monoisotopic (exact) mass is 249 g/mol. The number of nitrogens with two attached hydrogens (primary N) is 1. The first kappa shape index (κ1) is 15.0. The Hall–Kier alpha value is -1.09. The molecule has 18 heavy (non-hydrogen) atoms. The minimum absolute atomic E-state index is 0.568. The highest BCUT2D eigenvalue weighted by Crippen LogP contribution is 2.19. The molecule has 0 bridgehead atoms. The summed E-state index contributed by atoms with van der Waals surface area (Å²) in [6.07, 6.45) is 6.81. The second kappa shape index (κ2) is 8.09. The minimum atomic E-state index is 0.568. The molecule has 0 radical (unpaired) electrons. The Balaban J connectivity index is 2.82. The number of aromatic nitrogens is 1. The summed E-state index contributed by atoms with van der Waals surface area (Å²) < 4.78 is 0. The smallest absolute Gasteiger partial charge is 0.131 e. The largest absolute Gasteiger partial charge is 0.356 e. The van der Waals surface area contributed by atoms with Gasteiger partial charge in [0.2, 0.25) is 0 Å². The third-order valence-corrected chi connectivity index (χ3v) is 3.21. The van der Waals surface area contributed by atoms with E-state index >= 15 is 0 Å². The number of hydrogen-bond acceptors (Lipinski definition) is 3. The van der Waals surface area contributed by atoms with Crippen LogP contribution >= 0.6 is 0 Å². The molecule has 2 N–H and O–H groups in total. The van der Waals surface area contributed by atoms with Gasteiger partial charge in [0, 0.05) is 25.8 Å². The average Bonchev–Trinajstić information content (AvgIpc) is 2.39. The Labute approximate surface area is 111 Å². The van der Waals surface area contributed by atoms with Crippen LogP contribution in [-0.4, -0.2) is 18.1 Å². The number of nitrogens with zero attached hydrogens (tertiary/aromatic N) is 2. The molecule has 0 fully saturated rings. The summed E-state index contributed by atoms with van der Waals surface area (Å²) in [5, 5.41) is 0. The second-order valence-electron chi connectivity index (χ2n) is 4.88. The van der Waals surface area contributed by atoms with Crippen molar-refractivity contribution in [1.29, 1.82) is 0 Å². The van der Waals surface area contributed by atoms with Gasteiger partial charge in [0.25, 0.3) is 0 Å². The lowest BCUT2D eigenvalue weighted by atomic mass is 10.1. The molecule has 0 aliphatic carbocycles. The van der Waals surface area contributed by atoms with Crippen molar-refractivity contribution in [3.05, 3.63) is 23.4 Å². The van der Waals surface area contributed by atoms with Crippen LogP contribution in [0.25, 0.3) is 0 Å². The molecule has 1 rings (SSSR count). The van der Waals surface area contributed by atoms with Crippen molar-refractivity contribution >= 4 is 5.82 Å². The molecule has 0 saturated carbocycles. The molecule has 0 atom stereocenters. The molecule has 3 nitrogen and oxygen atoms in total. The number of hydrogen-bond donors (Lipinski definition) is 1. The summed E-state index contributed by atoms with van der Waals surface area (Å²) in [6.45, 7) is 9.37. The van der Waals surface area contributed by atoms with Crippen molar-refractivity contribution in [3.63, 3.8) is 0 Å². The lowest BCUT2D eigenvalue weighted by Gasteiger charge is -2.25. The van der Waals surface area contributed by atoms with E-state index in [2.05, 4.69) is 36.7 Å². The van der Waals surface area contributed by atoms with Crippen molar-refractivity contribution in [2.24, 2.45) is 5.73 Å². The zero-order valence-electron chi connectivity index (χ0n) is 12.1. The fourth-order valence-corrected chi connectivity index (χ4v) is 2.09. The van der Waals surface area contributed by atoms with Gasteiger partial charge in [-0.1, -0.05) is 26.7 Å². The maximum Gasteiger partial charge on any atom is 0.131 e. The quantitative estimate of drug-likeness (QED) is 0.769. The van der Waals surface area contributed by atoms with Crippen LogP contribution in [0.15, 0.2) is 12.3 Å². The van der Waals surface area contributed by atoms with Crippen molar-refractivity contribution < 1.29 is 0 Å². The van der Waals surface area contributed by atoms with Crippen molar-refractivity contribution in [1.82, 2.24) is 4.98 Å². The zero-order valence-corrected chi connectivity index (χ0v) is 12.1. The molecule has 0 aliphatic rings. The van der Waals surface area contributed by atoms with Gasteiger partial charge < -0.3 is 10.6 Å². The van der Waals surface area contributed by atoms with Gasteiger partial charge >= 0.3 is 0 Å². The van der Waals surface area contributed by atoms with E-state index in [1.54, 1.807) is 0 Å². The van der Waals surface area contributed by atoms with Gasteiger partial charge in [-0.05, 0) is 37.0 Å². The standard InChI is InChI=1S/C15H27N3/c1-4-6-8-18(9-7-5-2)15-13(3)10-14(11-16)12-17-15/h10,12H,4-9,11,16H2,1-3H3. The third-order valence-electron chi connectivity index (χ3n) is 3.21. The Morgan fingerprint density at radius 1 is 1.17 bits per heavy atom. The molecule has 0 amide bonds. The van der Waals surface area contributed by atoms with E-state index in [1.807, 2.05) is 6.20 Å². The van der Waals surface area contributed by atoms with Gasteiger partial charge in [0.05, 0.1) is 0 Å². The number of pyridine rings is 1. The van der Waals surface area contributed by atoms with Gasteiger partial charge in [-0.2, -0.15) is 0 Å². The van der Waals surface area contributed by atoms with E-state index in [4.69, 9.17) is 5.73 Å².